The average molecular weight is 374 g/mol. The maximum atomic E-state index is 3.50. The molecular formula is C27H19P. The zero-order valence-corrected chi connectivity index (χ0v) is 16.4. The van der Waals surface area contributed by atoms with E-state index >= 15 is 0 Å². The molecule has 1 heterocycles. The molecular weight excluding hydrogens is 355 g/mol. The highest BCUT2D eigenvalue weighted by Gasteiger charge is 2.25. The van der Waals surface area contributed by atoms with Gasteiger partial charge in [-0.3, -0.25) is 0 Å². The molecule has 0 saturated heterocycles. The molecule has 1 aliphatic heterocycles. The van der Waals surface area contributed by atoms with Crippen LogP contribution >= 0.6 is 7.92 Å². The SMILES string of the molecule is C1=CC=CC=1P1Cc2ccc3ccccc3c2-c2c(ccc3ccccc23)C1. The second-order valence-electron chi connectivity index (χ2n) is 7.55. The number of hydrogen-bond donors (Lipinski definition) is 0. The van der Waals surface area contributed by atoms with Crippen LogP contribution in [0.25, 0.3) is 32.7 Å². The summed E-state index contributed by atoms with van der Waals surface area (Å²) < 4.78 is 0. The van der Waals surface area contributed by atoms with Crippen molar-refractivity contribution in [2.75, 3.05) is 0 Å². The first-order valence-corrected chi connectivity index (χ1v) is 11.5. The highest BCUT2D eigenvalue weighted by molar-refractivity contribution is 7.60. The Bertz CT molecular complexity index is 1260. The van der Waals surface area contributed by atoms with E-state index in [2.05, 4.69) is 96.8 Å². The van der Waals surface area contributed by atoms with Crippen molar-refractivity contribution in [2.24, 2.45) is 0 Å². The third-order valence-electron chi connectivity index (χ3n) is 5.93. The second kappa shape index (κ2) is 6.32. The van der Waals surface area contributed by atoms with Crippen LogP contribution in [0, 0.1) is 0 Å². The smallest absolute Gasteiger partial charge is 0.0181 e. The fourth-order valence-electron chi connectivity index (χ4n) is 4.64. The van der Waals surface area contributed by atoms with Gasteiger partial charge in [-0.1, -0.05) is 86.8 Å². The molecule has 0 unspecified atom stereocenters. The molecule has 2 aliphatic rings. The zero-order valence-electron chi connectivity index (χ0n) is 15.5. The fraction of sp³-hybridized carbons (Fsp3) is 0.0741. The fourth-order valence-corrected chi connectivity index (χ4v) is 7.00. The van der Waals surface area contributed by atoms with Gasteiger partial charge < -0.3 is 0 Å². The van der Waals surface area contributed by atoms with Crippen LogP contribution in [0.1, 0.15) is 11.1 Å². The van der Waals surface area contributed by atoms with Gasteiger partial charge in [0.2, 0.25) is 0 Å². The van der Waals surface area contributed by atoms with Gasteiger partial charge in [-0.25, -0.2) is 0 Å². The minimum Gasteiger partial charge on any atom is -0.112 e. The third-order valence-corrected chi connectivity index (χ3v) is 8.33. The summed E-state index contributed by atoms with van der Waals surface area (Å²) in [4.78, 5) is 0. The predicted molar refractivity (Wildman–Crippen MR) is 122 cm³/mol. The highest BCUT2D eigenvalue weighted by atomic mass is 31.1. The van der Waals surface area contributed by atoms with Crippen molar-refractivity contribution in [3.63, 3.8) is 0 Å². The Kier molecular flexibility index (Phi) is 3.63. The lowest BCUT2D eigenvalue weighted by atomic mass is 9.88. The summed E-state index contributed by atoms with van der Waals surface area (Å²) in [6.07, 6.45) is 8.70. The predicted octanol–water partition coefficient (Wildman–Crippen LogP) is 7.76. The van der Waals surface area contributed by atoms with Crippen molar-refractivity contribution in [1.82, 2.24) is 0 Å². The van der Waals surface area contributed by atoms with Crippen LogP contribution < -0.4 is 0 Å². The van der Waals surface area contributed by atoms with Gasteiger partial charge in [0, 0.05) is 5.31 Å². The Morgan fingerprint density at radius 1 is 0.643 bits per heavy atom. The number of benzene rings is 4. The lowest BCUT2D eigenvalue weighted by Gasteiger charge is -2.15. The van der Waals surface area contributed by atoms with Crippen molar-refractivity contribution in [3.8, 4) is 11.1 Å². The van der Waals surface area contributed by atoms with E-state index in [1.807, 2.05) is 0 Å². The third kappa shape index (κ3) is 2.43. The molecule has 6 rings (SSSR count). The monoisotopic (exact) mass is 374 g/mol. The summed E-state index contributed by atoms with van der Waals surface area (Å²) in [6.45, 7) is 0. The molecule has 0 spiro atoms. The van der Waals surface area contributed by atoms with E-state index in [9.17, 15) is 0 Å². The maximum Gasteiger partial charge on any atom is 0.0181 e. The van der Waals surface area contributed by atoms with Crippen LogP contribution in [0.4, 0.5) is 0 Å². The maximum absolute atomic E-state index is 3.50. The molecule has 1 aliphatic carbocycles. The van der Waals surface area contributed by atoms with Crippen LogP contribution in [0.3, 0.4) is 0 Å². The van der Waals surface area contributed by atoms with Crippen molar-refractivity contribution in [2.45, 2.75) is 12.3 Å². The minimum atomic E-state index is -0.296. The number of fused-ring (bicyclic) bond motifs is 7. The van der Waals surface area contributed by atoms with Gasteiger partial charge in [0.15, 0.2) is 0 Å². The lowest BCUT2D eigenvalue weighted by molar-refractivity contribution is 1.39. The molecule has 4 aromatic carbocycles. The first-order chi connectivity index (χ1) is 13.9. The Morgan fingerprint density at radius 3 is 1.75 bits per heavy atom. The van der Waals surface area contributed by atoms with E-state index in [-0.39, 0.29) is 7.92 Å². The lowest BCUT2D eigenvalue weighted by Crippen LogP contribution is -1.92. The molecule has 0 aromatic heterocycles. The van der Waals surface area contributed by atoms with Crippen LogP contribution in [0.15, 0.2) is 102 Å². The van der Waals surface area contributed by atoms with Gasteiger partial charge in [-0.05, 0) is 68.3 Å². The Morgan fingerprint density at radius 2 is 1.21 bits per heavy atom. The van der Waals surface area contributed by atoms with Crippen molar-refractivity contribution in [1.29, 1.82) is 0 Å². The summed E-state index contributed by atoms with van der Waals surface area (Å²) in [6, 6.07) is 27.0. The van der Waals surface area contributed by atoms with E-state index in [0.717, 1.165) is 12.3 Å². The number of hydrogen-bond acceptors (Lipinski definition) is 0. The van der Waals surface area contributed by atoms with E-state index < -0.39 is 0 Å². The number of rotatable bonds is 1. The number of allylic oxidation sites excluding steroid dienone is 3. The normalized spacial score (nSPS) is 15.5. The van der Waals surface area contributed by atoms with Gasteiger partial charge in [0.25, 0.3) is 0 Å². The van der Waals surface area contributed by atoms with Gasteiger partial charge in [0.05, 0.1) is 0 Å². The van der Waals surface area contributed by atoms with Gasteiger partial charge in [-0.2, -0.15) is 0 Å². The standard InChI is InChI=1S/C27H19P/c1-5-11-24-19(7-1)13-15-21-17-28(23-9-3-4-10-23)18-22-16-14-20-8-2-6-12-25(20)27(22)26(21)24/h1-9,11-16H,17-18H2. The van der Waals surface area contributed by atoms with Crippen molar-refractivity contribution in [3.05, 3.63) is 113 Å². The molecule has 0 atom stereocenters. The largest absolute Gasteiger partial charge is 0.112 e. The Hall–Kier alpha value is -2.91. The van der Waals surface area contributed by atoms with Gasteiger partial charge >= 0.3 is 0 Å². The molecule has 0 N–H and O–H groups in total. The summed E-state index contributed by atoms with van der Waals surface area (Å²) in [5.74, 6) is 0. The van der Waals surface area contributed by atoms with Crippen LogP contribution in [0.2, 0.25) is 0 Å². The van der Waals surface area contributed by atoms with Crippen LogP contribution in [-0.4, -0.2) is 0 Å². The molecule has 28 heavy (non-hydrogen) atoms. The topological polar surface area (TPSA) is 0 Å². The molecule has 1 heteroatoms. The summed E-state index contributed by atoms with van der Waals surface area (Å²) in [7, 11) is -0.296. The van der Waals surface area contributed by atoms with E-state index in [1.165, 1.54) is 49.1 Å². The highest BCUT2D eigenvalue weighted by Crippen LogP contribution is 2.57. The van der Waals surface area contributed by atoms with E-state index in [0.29, 0.717) is 0 Å². The zero-order chi connectivity index (χ0) is 18.5. The van der Waals surface area contributed by atoms with Crippen LogP contribution in [-0.2, 0) is 12.3 Å². The molecule has 132 valence electrons. The second-order valence-corrected chi connectivity index (χ2v) is 9.75. The van der Waals surface area contributed by atoms with Crippen molar-refractivity contribution < 1.29 is 0 Å². The molecule has 0 fully saturated rings. The average Bonchev–Trinajstić information content (AvgIpc) is 3.22. The molecule has 0 radical (unpaired) electrons. The van der Waals surface area contributed by atoms with Gasteiger partial charge in [-0.15, -0.1) is 5.73 Å². The Labute approximate surface area is 166 Å². The molecule has 4 aromatic rings. The minimum absolute atomic E-state index is 0.296. The molecule has 0 bridgehead atoms. The molecule has 0 amide bonds. The molecule has 0 nitrogen and oxygen atoms in total. The summed E-state index contributed by atoms with van der Waals surface area (Å²) >= 11 is 0. The van der Waals surface area contributed by atoms with E-state index in [1.54, 1.807) is 0 Å². The quantitative estimate of drug-likeness (QED) is 0.236. The first-order valence-electron chi connectivity index (χ1n) is 9.78. The Balaban J connectivity index is 1.74. The van der Waals surface area contributed by atoms with E-state index in [4.69, 9.17) is 0 Å². The summed E-state index contributed by atoms with van der Waals surface area (Å²) in [5.41, 5.74) is 9.35. The summed E-state index contributed by atoms with van der Waals surface area (Å²) in [5, 5.41) is 6.80. The first kappa shape index (κ1) is 16.1. The van der Waals surface area contributed by atoms with Crippen molar-refractivity contribution >= 4 is 29.5 Å². The van der Waals surface area contributed by atoms with Gasteiger partial charge in [0.1, 0.15) is 0 Å². The van der Waals surface area contributed by atoms with Crippen LogP contribution in [0.5, 0.6) is 0 Å². The molecule has 0 saturated carbocycles.